The van der Waals surface area contributed by atoms with E-state index >= 15 is 0 Å². The lowest BCUT2D eigenvalue weighted by Gasteiger charge is -2.07. The van der Waals surface area contributed by atoms with Crippen molar-refractivity contribution in [1.29, 1.82) is 0 Å². The van der Waals surface area contributed by atoms with Gasteiger partial charge in [-0.1, -0.05) is 25.4 Å². The van der Waals surface area contributed by atoms with Gasteiger partial charge in [0.15, 0.2) is 5.69 Å². The van der Waals surface area contributed by atoms with Gasteiger partial charge in [-0.05, 0) is 6.92 Å². The SMILES string of the molecule is Cc1nc(NC(=O)c2nc(C(C)C)ncc2Cl)n[nH]1. The number of aromatic nitrogens is 5. The minimum absolute atomic E-state index is 0.106. The Morgan fingerprint density at radius 2 is 2.16 bits per heavy atom. The average Bonchev–Trinajstić information content (AvgIpc) is 2.74. The number of hydrogen-bond donors (Lipinski definition) is 2. The monoisotopic (exact) mass is 280 g/mol. The molecule has 0 spiro atoms. The third-order valence-corrected chi connectivity index (χ3v) is 2.59. The number of halogens is 1. The largest absolute Gasteiger partial charge is 0.288 e. The van der Waals surface area contributed by atoms with Crippen molar-refractivity contribution in [2.75, 3.05) is 5.32 Å². The number of nitrogens with zero attached hydrogens (tertiary/aromatic N) is 4. The summed E-state index contributed by atoms with van der Waals surface area (Å²) in [5.41, 5.74) is 0.114. The fraction of sp³-hybridized carbons (Fsp3) is 0.364. The number of carbonyl (C=O) groups excluding carboxylic acids is 1. The maximum absolute atomic E-state index is 12.0. The van der Waals surface area contributed by atoms with Crippen molar-refractivity contribution in [3.8, 4) is 0 Å². The van der Waals surface area contributed by atoms with Crippen LogP contribution in [0.3, 0.4) is 0 Å². The number of carbonyl (C=O) groups is 1. The van der Waals surface area contributed by atoms with Crippen LogP contribution in [-0.2, 0) is 0 Å². The van der Waals surface area contributed by atoms with Gasteiger partial charge < -0.3 is 0 Å². The molecule has 2 aromatic heterocycles. The average molecular weight is 281 g/mol. The van der Waals surface area contributed by atoms with Gasteiger partial charge in [0, 0.05) is 5.92 Å². The molecule has 7 nitrogen and oxygen atoms in total. The molecular weight excluding hydrogens is 268 g/mol. The van der Waals surface area contributed by atoms with Crippen molar-refractivity contribution in [3.63, 3.8) is 0 Å². The predicted octanol–water partition coefficient (Wildman–Crippen LogP) is 1.93. The van der Waals surface area contributed by atoms with Gasteiger partial charge in [-0.3, -0.25) is 15.2 Å². The number of amides is 1. The highest BCUT2D eigenvalue weighted by Gasteiger charge is 2.17. The summed E-state index contributed by atoms with van der Waals surface area (Å²) < 4.78 is 0. The molecule has 0 saturated carbocycles. The Morgan fingerprint density at radius 3 is 2.74 bits per heavy atom. The first-order chi connectivity index (χ1) is 8.97. The van der Waals surface area contributed by atoms with E-state index in [9.17, 15) is 4.79 Å². The molecule has 0 aromatic carbocycles. The molecule has 0 bridgehead atoms. The van der Waals surface area contributed by atoms with Gasteiger partial charge >= 0.3 is 0 Å². The van der Waals surface area contributed by atoms with Crippen LogP contribution in [0, 0.1) is 6.92 Å². The van der Waals surface area contributed by atoms with Gasteiger partial charge in [-0.25, -0.2) is 9.97 Å². The highest BCUT2D eigenvalue weighted by molar-refractivity contribution is 6.33. The molecule has 2 aromatic rings. The zero-order valence-corrected chi connectivity index (χ0v) is 11.5. The molecule has 100 valence electrons. The molecule has 0 aliphatic rings. The molecule has 0 atom stereocenters. The van der Waals surface area contributed by atoms with Crippen LogP contribution in [0.5, 0.6) is 0 Å². The smallest absolute Gasteiger partial charge is 0.278 e. The fourth-order valence-electron chi connectivity index (χ4n) is 1.38. The second kappa shape index (κ2) is 5.31. The van der Waals surface area contributed by atoms with E-state index in [1.165, 1.54) is 6.20 Å². The van der Waals surface area contributed by atoms with Crippen LogP contribution in [-0.4, -0.2) is 31.1 Å². The molecule has 19 heavy (non-hydrogen) atoms. The summed E-state index contributed by atoms with van der Waals surface area (Å²) in [6.45, 7) is 5.60. The van der Waals surface area contributed by atoms with E-state index in [0.29, 0.717) is 11.6 Å². The van der Waals surface area contributed by atoms with Crippen LogP contribution in [0.4, 0.5) is 5.95 Å². The number of aryl methyl sites for hydroxylation is 1. The Bertz CT molecular complexity index is 609. The Kier molecular flexibility index (Phi) is 3.75. The van der Waals surface area contributed by atoms with E-state index in [1.54, 1.807) is 6.92 Å². The lowest BCUT2D eigenvalue weighted by molar-refractivity contribution is 0.102. The second-order valence-corrected chi connectivity index (χ2v) is 4.69. The number of nitrogens with one attached hydrogen (secondary N) is 2. The van der Waals surface area contributed by atoms with E-state index in [4.69, 9.17) is 11.6 Å². The van der Waals surface area contributed by atoms with Crippen molar-refractivity contribution >= 4 is 23.5 Å². The second-order valence-electron chi connectivity index (χ2n) is 4.28. The normalized spacial score (nSPS) is 10.8. The van der Waals surface area contributed by atoms with E-state index < -0.39 is 5.91 Å². The van der Waals surface area contributed by atoms with Crippen LogP contribution < -0.4 is 5.32 Å². The molecule has 0 radical (unpaired) electrons. The first-order valence-corrected chi connectivity index (χ1v) is 6.08. The van der Waals surface area contributed by atoms with Gasteiger partial charge in [-0.2, -0.15) is 4.98 Å². The van der Waals surface area contributed by atoms with E-state index in [1.807, 2.05) is 13.8 Å². The molecule has 0 unspecified atom stereocenters. The van der Waals surface area contributed by atoms with Crippen LogP contribution in [0.15, 0.2) is 6.20 Å². The molecule has 0 aliphatic heterocycles. The van der Waals surface area contributed by atoms with Crippen LogP contribution in [0.2, 0.25) is 5.02 Å². The summed E-state index contributed by atoms with van der Waals surface area (Å²) in [6, 6.07) is 0. The van der Waals surface area contributed by atoms with Gasteiger partial charge in [0.2, 0.25) is 5.95 Å². The fourth-order valence-corrected chi connectivity index (χ4v) is 1.55. The number of anilines is 1. The molecule has 0 fully saturated rings. The summed E-state index contributed by atoms with van der Waals surface area (Å²) in [4.78, 5) is 24.2. The third kappa shape index (κ3) is 3.05. The number of rotatable bonds is 3. The maximum Gasteiger partial charge on any atom is 0.278 e. The lowest BCUT2D eigenvalue weighted by atomic mass is 10.2. The summed E-state index contributed by atoms with van der Waals surface area (Å²) in [5, 5.41) is 9.15. The molecule has 8 heteroatoms. The first kappa shape index (κ1) is 13.4. The molecule has 0 saturated heterocycles. The van der Waals surface area contributed by atoms with E-state index in [-0.39, 0.29) is 22.6 Å². The molecule has 2 rings (SSSR count). The molecular formula is C11H13ClN6O. The predicted molar refractivity (Wildman–Crippen MR) is 70.2 cm³/mol. The number of hydrogen-bond acceptors (Lipinski definition) is 5. The van der Waals surface area contributed by atoms with Crippen molar-refractivity contribution < 1.29 is 4.79 Å². The minimum Gasteiger partial charge on any atom is -0.288 e. The van der Waals surface area contributed by atoms with Crippen LogP contribution >= 0.6 is 11.6 Å². The summed E-state index contributed by atoms with van der Waals surface area (Å²) >= 11 is 5.93. The van der Waals surface area contributed by atoms with Crippen molar-refractivity contribution in [3.05, 3.63) is 28.6 Å². The zero-order chi connectivity index (χ0) is 14.0. The zero-order valence-electron chi connectivity index (χ0n) is 10.7. The van der Waals surface area contributed by atoms with Gasteiger partial charge in [0.25, 0.3) is 5.91 Å². The topological polar surface area (TPSA) is 96.5 Å². The summed E-state index contributed by atoms with van der Waals surface area (Å²) in [7, 11) is 0. The van der Waals surface area contributed by atoms with Crippen LogP contribution in [0.1, 0.15) is 41.9 Å². The van der Waals surface area contributed by atoms with Gasteiger partial charge in [0.05, 0.1) is 11.2 Å². The highest BCUT2D eigenvalue weighted by Crippen LogP contribution is 2.17. The Labute approximate surface area is 114 Å². The Morgan fingerprint density at radius 1 is 1.42 bits per heavy atom. The quantitative estimate of drug-likeness (QED) is 0.895. The number of H-pyrrole nitrogens is 1. The first-order valence-electron chi connectivity index (χ1n) is 5.70. The van der Waals surface area contributed by atoms with Crippen molar-refractivity contribution in [2.45, 2.75) is 26.7 Å². The van der Waals surface area contributed by atoms with E-state index in [0.717, 1.165) is 0 Å². The van der Waals surface area contributed by atoms with E-state index in [2.05, 4.69) is 30.5 Å². The molecule has 2 heterocycles. The number of aromatic amines is 1. The Balaban J connectivity index is 2.25. The van der Waals surface area contributed by atoms with Crippen molar-refractivity contribution in [2.24, 2.45) is 0 Å². The van der Waals surface area contributed by atoms with Crippen molar-refractivity contribution in [1.82, 2.24) is 25.1 Å². The Hall–Kier alpha value is -2.02. The molecule has 2 N–H and O–H groups in total. The summed E-state index contributed by atoms with van der Waals surface area (Å²) in [5.74, 6) is 0.985. The lowest BCUT2D eigenvalue weighted by Crippen LogP contribution is -2.17. The molecule has 0 aliphatic carbocycles. The minimum atomic E-state index is -0.465. The summed E-state index contributed by atoms with van der Waals surface area (Å²) in [6.07, 6.45) is 1.42. The third-order valence-electron chi connectivity index (χ3n) is 2.32. The van der Waals surface area contributed by atoms with Crippen LogP contribution in [0.25, 0.3) is 0 Å². The maximum atomic E-state index is 12.0. The standard InChI is InChI=1S/C11H13ClN6O/c1-5(2)9-13-4-7(12)8(15-9)10(19)16-11-14-6(3)17-18-11/h4-5H,1-3H3,(H2,14,16,17,18,19). The van der Waals surface area contributed by atoms with Gasteiger partial charge in [-0.15, -0.1) is 5.10 Å². The van der Waals surface area contributed by atoms with Gasteiger partial charge in [0.1, 0.15) is 11.6 Å². The molecule has 1 amide bonds. The highest BCUT2D eigenvalue weighted by atomic mass is 35.5.